The topological polar surface area (TPSA) is 74.3 Å². The van der Waals surface area contributed by atoms with Crippen molar-refractivity contribution in [3.05, 3.63) is 52.0 Å². The van der Waals surface area contributed by atoms with Crippen molar-refractivity contribution in [2.45, 2.75) is 45.6 Å². The summed E-state index contributed by atoms with van der Waals surface area (Å²) in [4.78, 5) is 30.3. The van der Waals surface area contributed by atoms with Crippen molar-refractivity contribution in [1.29, 1.82) is 0 Å². The van der Waals surface area contributed by atoms with E-state index in [2.05, 4.69) is 41.8 Å². The number of aromatic nitrogens is 1. The zero-order chi connectivity index (χ0) is 20.6. The number of amides is 3. The molecule has 7 heteroatoms. The van der Waals surface area contributed by atoms with Crippen LogP contribution in [0.1, 0.15) is 43.5 Å². The third kappa shape index (κ3) is 7.31. The lowest BCUT2D eigenvalue weighted by Gasteiger charge is -2.17. The number of rotatable bonds is 8. The molecular formula is C21H30N4O2S. The quantitative estimate of drug-likeness (QED) is 0.711. The number of nitrogens with one attached hydrogen (secondary N) is 2. The molecule has 1 aromatic carbocycles. The van der Waals surface area contributed by atoms with Crippen molar-refractivity contribution >= 4 is 23.3 Å². The molecule has 3 amide bonds. The molecule has 0 fully saturated rings. The van der Waals surface area contributed by atoms with Gasteiger partial charge in [0.25, 0.3) is 0 Å². The largest absolute Gasteiger partial charge is 0.341 e. The van der Waals surface area contributed by atoms with E-state index in [1.807, 2.05) is 30.3 Å². The Kier molecular flexibility index (Phi) is 7.99. The van der Waals surface area contributed by atoms with Gasteiger partial charge in [0.05, 0.1) is 10.7 Å². The minimum Gasteiger partial charge on any atom is -0.341 e. The van der Waals surface area contributed by atoms with E-state index in [0.717, 1.165) is 16.3 Å². The van der Waals surface area contributed by atoms with Crippen LogP contribution >= 0.6 is 11.3 Å². The molecule has 0 aliphatic rings. The SMILES string of the molecule is CN(Cc1ccccc1)C(=O)CCNC(=O)NCCc1nc(C(C)(C)C)cs1. The normalized spacial score (nSPS) is 11.1. The number of carbonyl (C=O) groups excluding carboxylic acids is 2. The summed E-state index contributed by atoms with van der Waals surface area (Å²) in [7, 11) is 1.77. The molecule has 2 N–H and O–H groups in total. The summed E-state index contributed by atoms with van der Waals surface area (Å²) in [6.45, 7) is 7.80. The van der Waals surface area contributed by atoms with Gasteiger partial charge in [0.15, 0.2) is 0 Å². The number of hydrogen-bond donors (Lipinski definition) is 2. The molecule has 0 aliphatic carbocycles. The molecule has 0 aliphatic heterocycles. The van der Waals surface area contributed by atoms with Gasteiger partial charge in [-0.25, -0.2) is 9.78 Å². The summed E-state index contributed by atoms with van der Waals surface area (Å²) < 4.78 is 0. The molecule has 1 heterocycles. The standard InChI is InChI=1S/C21H30N4O2S/c1-21(2,3)17-15-28-18(24-17)10-12-22-20(27)23-13-11-19(26)25(4)14-16-8-6-5-7-9-16/h5-9,15H,10-14H2,1-4H3,(H2,22,23,27). The van der Waals surface area contributed by atoms with E-state index in [1.54, 1.807) is 23.3 Å². The summed E-state index contributed by atoms with van der Waals surface area (Å²) in [5.74, 6) is 0.00153. The van der Waals surface area contributed by atoms with Crippen LogP contribution in [0.5, 0.6) is 0 Å². The van der Waals surface area contributed by atoms with E-state index in [4.69, 9.17) is 0 Å². The molecule has 0 saturated heterocycles. The van der Waals surface area contributed by atoms with E-state index in [1.165, 1.54) is 0 Å². The second-order valence-electron chi connectivity index (χ2n) is 7.79. The molecule has 28 heavy (non-hydrogen) atoms. The molecule has 2 aromatic rings. The van der Waals surface area contributed by atoms with Crippen LogP contribution in [0.25, 0.3) is 0 Å². The van der Waals surface area contributed by atoms with E-state index >= 15 is 0 Å². The zero-order valence-corrected chi connectivity index (χ0v) is 17.9. The van der Waals surface area contributed by atoms with Crippen LogP contribution in [-0.4, -0.2) is 42.0 Å². The van der Waals surface area contributed by atoms with Gasteiger partial charge in [-0.3, -0.25) is 4.79 Å². The Morgan fingerprint density at radius 3 is 2.43 bits per heavy atom. The summed E-state index contributed by atoms with van der Waals surface area (Å²) in [6, 6.07) is 9.58. The Bertz CT molecular complexity index is 768. The van der Waals surface area contributed by atoms with E-state index in [-0.39, 0.29) is 23.8 Å². The van der Waals surface area contributed by atoms with Gasteiger partial charge in [0.2, 0.25) is 5.91 Å². The van der Waals surface area contributed by atoms with Gasteiger partial charge in [-0.15, -0.1) is 11.3 Å². The maximum Gasteiger partial charge on any atom is 0.314 e. The first-order valence-electron chi connectivity index (χ1n) is 9.50. The molecule has 0 saturated carbocycles. The van der Waals surface area contributed by atoms with Crippen LogP contribution in [0, 0.1) is 0 Å². The highest BCUT2D eigenvalue weighted by atomic mass is 32.1. The Balaban J connectivity index is 1.62. The number of carbonyl (C=O) groups is 2. The van der Waals surface area contributed by atoms with Crippen molar-refractivity contribution in [1.82, 2.24) is 20.5 Å². The van der Waals surface area contributed by atoms with Gasteiger partial charge in [0.1, 0.15) is 0 Å². The van der Waals surface area contributed by atoms with Crippen molar-refractivity contribution < 1.29 is 9.59 Å². The molecule has 0 bridgehead atoms. The molecule has 0 atom stereocenters. The summed E-state index contributed by atoms with van der Waals surface area (Å²) in [6.07, 6.45) is 0.977. The van der Waals surface area contributed by atoms with Crippen molar-refractivity contribution in [2.75, 3.05) is 20.1 Å². The number of thiazole rings is 1. The van der Waals surface area contributed by atoms with Crippen LogP contribution in [-0.2, 0) is 23.2 Å². The van der Waals surface area contributed by atoms with E-state index in [9.17, 15) is 9.59 Å². The Labute approximate surface area is 171 Å². The average molecular weight is 403 g/mol. The summed E-state index contributed by atoms with van der Waals surface area (Å²) in [5.41, 5.74) is 2.20. The number of benzene rings is 1. The molecule has 1 aromatic heterocycles. The summed E-state index contributed by atoms with van der Waals surface area (Å²) in [5, 5.41) is 8.64. The lowest BCUT2D eigenvalue weighted by Crippen LogP contribution is -2.38. The minimum atomic E-state index is -0.258. The van der Waals surface area contributed by atoms with Crippen LogP contribution < -0.4 is 10.6 Å². The van der Waals surface area contributed by atoms with Crippen LogP contribution in [0.15, 0.2) is 35.7 Å². The number of hydrogen-bond acceptors (Lipinski definition) is 4. The van der Waals surface area contributed by atoms with Crippen LogP contribution in [0.2, 0.25) is 0 Å². The maximum atomic E-state index is 12.2. The van der Waals surface area contributed by atoms with E-state index in [0.29, 0.717) is 26.1 Å². The lowest BCUT2D eigenvalue weighted by molar-refractivity contribution is -0.130. The number of urea groups is 1. The third-order valence-electron chi connectivity index (χ3n) is 4.26. The minimum absolute atomic E-state index is 0.00153. The molecule has 6 nitrogen and oxygen atoms in total. The van der Waals surface area contributed by atoms with Crippen molar-refractivity contribution in [3.63, 3.8) is 0 Å². The van der Waals surface area contributed by atoms with E-state index < -0.39 is 0 Å². The monoisotopic (exact) mass is 402 g/mol. The zero-order valence-electron chi connectivity index (χ0n) is 17.1. The molecular weight excluding hydrogens is 372 g/mol. The summed E-state index contributed by atoms with van der Waals surface area (Å²) >= 11 is 1.62. The molecule has 0 radical (unpaired) electrons. The van der Waals surface area contributed by atoms with Gasteiger partial charge in [-0.2, -0.15) is 0 Å². The Morgan fingerprint density at radius 2 is 1.79 bits per heavy atom. The fourth-order valence-corrected chi connectivity index (χ4v) is 3.56. The number of nitrogens with zero attached hydrogens (tertiary/aromatic N) is 2. The average Bonchev–Trinajstić information content (AvgIpc) is 3.12. The van der Waals surface area contributed by atoms with Gasteiger partial charge >= 0.3 is 6.03 Å². The van der Waals surface area contributed by atoms with Gasteiger partial charge < -0.3 is 15.5 Å². The fourth-order valence-electron chi connectivity index (χ4n) is 2.53. The first-order valence-corrected chi connectivity index (χ1v) is 10.4. The van der Waals surface area contributed by atoms with Gasteiger partial charge in [-0.1, -0.05) is 51.1 Å². The van der Waals surface area contributed by atoms with Crippen LogP contribution in [0.3, 0.4) is 0 Å². The Hall–Kier alpha value is -2.41. The van der Waals surface area contributed by atoms with Gasteiger partial charge in [0, 0.05) is 50.3 Å². The highest BCUT2D eigenvalue weighted by Gasteiger charge is 2.17. The lowest BCUT2D eigenvalue weighted by atomic mass is 9.93. The second kappa shape index (κ2) is 10.2. The molecule has 2 rings (SSSR count). The maximum absolute atomic E-state index is 12.2. The fraction of sp³-hybridized carbons (Fsp3) is 0.476. The third-order valence-corrected chi connectivity index (χ3v) is 5.17. The van der Waals surface area contributed by atoms with Gasteiger partial charge in [-0.05, 0) is 5.56 Å². The highest BCUT2D eigenvalue weighted by molar-refractivity contribution is 7.09. The van der Waals surface area contributed by atoms with Crippen molar-refractivity contribution in [3.8, 4) is 0 Å². The predicted octanol–water partition coefficient (Wildman–Crippen LogP) is 3.33. The Morgan fingerprint density at radius 1 is 1.11 bits per heavy atom. The first kappa shape index (κ1) is 21.9. The molecule has 152 valence electrons. The smallest absolute Gasteiger partial charge is 0.314 e. The predicted molar refractivity (Wildman–Crippen MR) is 113 cm³/mol. The van der Waals surface area contributed by atoms with Crippen molar-refractivity contribution in [2.24, 2.45) is 0 Å². The first-order chi connectivity index (χ1) is 13.3. The molecule has 0 unspecified atom stereocenters. The highest BCUT2D eigenvalue weighted by Crippen LogP contribution is 2.23. The van der Waals surface area contributed by atoms with Crippen LogP contribution in [0.4, 0.5) is 4.79 Å². The molecule has 0 spiro atoms. The second-order valence-corrected chi connectivity index (χ2v) is 8.74.